The Balaban J connectivity index is 1.69. The minimum absolute atomic E-state index is 0.0346. The van der Waals surface area contributed by atoms with E-state index in [1.54, 1.807) is 6.08 Å². The zero-order valence-electron chi connectivity index (χ0n) is 17.2. The molecule has 2 aromatic carbocycles. The maximum absolute atomic E-state index is 12.5. The van der Waals surface area contributed by atoms with Crippen LogP contribution in [-0.4, -0.2) is 55.5 Å². The van der Waals surface area contributed by atoms with Crippen molar-refractivity contribution in [3.63, 3.8) is 0 Å². The van der Waals surface area contributed by atoms with Crippen LogP contribution in [0.25, 0.3) is 5.57 Å². The van der Waals surface area contributed by atoms with Gasteiger partial charge in [-0.25, -0.2) is 0 Å². The van der Waals surface area contributed by atoms with Crippen molar-refractivity contribution in [2.75, 3.05) is 39.8 Å². The maximum atomic E-state index is 12.5. The average molecular weight is 378 g/mol. The summed E-state index contributed by atoms with van der Waals surface area (Å²) in [6.45, 7) is 8.85. The van der Waals surface area contributed by atoms with E-state index in [0.29, 0.717) is 6.54 Å². The Morgan fingerprint density at radius 3 is 2.32 bits per heavy atom. The summed E-state index contributed by atoms with van der Waals surface area (Å²) >= 11 is 0. The Hall–Kier alpha value is -2.43. The van der Waals surface area contributed by atoms with E-state index in [4.69, 9.17) is 0 Å². The van der Waals surface area contributed by atoms with Crippen LogP contribution < -0.4 is 5.32 Å². The van der Waals surface area contributed by atoms with Crippen molar-refractivity contribution >= 4 is 11.5 Å². The highest BCUT2D eigenvalue weighted by atomic mass is 16.1. The smallest absolute Gasteiger partial charge is 0.244 e. The first kappa shape index (κ1) is 20.3. The van der Waals surface area contributed by atoms with E-state index >= 15 is 0 Å². The van der Waals surface area contributed by atoms with Gasteiger partial charge in [0.15, 0.2) is 0 Å². The molecule has 1 atom stereocenters. The van der Waals surface area contributed by atoms with Crippen LogP contribution in [0.2, 0.25) is 0 Å². The molecule has 1 N–H and O–H groups in total. The monoisotopic (exact) mass is 377 g/mol. The number of likely N-dealkylation sites (N-methyl/N-ethyl adjacent to an activating group) is 1. The van der Waals surface area contributed by atoms with Gasteiger partial charge in [0.1, 0.15) is 0 Å². The van der Waals surface area contributed by atoms with Crippen LogP contribution in [0.5, 0.6) is 0 Å². The molecule has 1 heterocycles. The first-order valence-corrected chi connectivity index (χ1v) is 10.0. The summed E-state index contributed by atoms with van der Waals surface area (Å²) < 4.78 is 0. The highest BCUT2D eigenvalue weighted by molar-refractivity contribution is 5.94. The Bertz CT molecular complexity index is 790. The lowest BCUT2D eigenvalue weighted by Gasteiger charge is -2.38. The number of rotatable bonds is 6. The summed E-state index contributed by atoms with van der Waals surface area (Å²) in [7, 11) is 2.16. The van der Waals surface area contributed by atoms with E-state index in [1.807, 2.05) is 37.3 Å². The molecular formula is C24H31N3O. The lowest BCUT2D eigenvalue weighted by atomic mass is 10.0. The molecule has 28 heavy (non-hydrogen) atoms. The number of carbonyl (C=O) groups is 1. The summed E-state index contributed by atoms with van der Waals surface area (Å²) in [6, 6.07) is 18.9. The van der Waals surface area contributed by atoms with Crippen molar-refractivity contribution in [2.24, 2.45) is 0 Å². The van der Waals surface area contributed by atoms with Crippen LogP contribution in [-0.2, 0) is 4.79 Å². The number of aryl methyl sites for hydroxylation is 1. The molecule has 0 aliphatic carbocycles. The van der Waals surface area contributed by atoms with Gasteiger partial charge in [-0.2, -0.15) is 0 Å². The van der Waals surface area contributed by atoms with Crippen molar-refractivity contribution in [1.29, 1.82) is 0 Å². The number of allylic oxidation sites excluding steroid dienone is 1. The van der Waals surface area contributed by atoms with Crippen molar-refractivity contribution < 1.29 is 4.79 Å². The molecule has 148 valence electrons. The van der Waals surface area contributed by atoms with Gasteiger partial charge in [0, 0.05) is 38.8 Å². The summed E-state index contributed by atoms with van der Waals surface area (Å²) in [5, 5.41) is 3.13. The minimum atomic E-state index is -0.0346. The first-order chi connectivity index (χ1) is 13.5. The predicted octanol–water partition coefficient (Wildman–Crippen LogP) is 3.50. The molecule has 0 saturated carbocycles. The number of hydrogen-bond donors (Lipinski definition) is 1. The second-order valence-electron chi connectivity index (χ2n) is 7.70. The average Bonchev–Trinajstić information content (AvgIpc) is 2.71. The molecule has 4 heteroatoms. The molecular weight excluding hydrogens is 346 g/mol. The fraction of sp³-hybridized carbons (Fsp3) is 0.375. The lowest BCUT2D eigenvalue weighted by Crippen LogP contribution is -2.48. The molecule has 1 aliphatic rings. The lowest BCUT2D eigenvalue weighted by molar-refractivity contribution is -0.116. The Kier molecular flexibility index (Phi) is 7.01. The van der Waals surface area contributed by atoms with E-state index in [2.05, 4.69) is 53.4 Å². The van der Waals surface area contributed by atoms with Crippen molar-refractivity contribution in [2.45, 2.75) is 19.9 Å². The highest BCUT2D eigenvalue weighted by Crippen LogP contribution is 2.22. The number of nitrogens with one attached hydrogen (secondary N) is 1. The molecule has 1 amide bonds. The second kappa shape index (κ2) is 9.67. The summed E-state index contributed by atoms with van der Waals surface area (Å²) in [4.78, 5) is 17.4. The number of carbonyl (C=O) groups excluding carboxylic acids is 1. The molecule has 1 saturated heterocycles. The summed E-state index contributed by atoms with van der Waals surface area (Å²) in [5.74, 6) is -0.0346. The van der Waals surface area contributed by atoms with Crippen molar-refractivity contribution in [3.05, 3.63) is 77.4 Å². The van der Waals surface area contributed by atoms with Gasteiger partial charge in [-0.05, 0) is 37.6 Å². The number of benzene rings is 2. The Morgan fingerprint density at radius 2 is 1.68 bits per heavy atom. The molecule has 0 spiro atoms. The molecule has 1 fully saturated rings. The second-order valence-corrected chi connectivity index (χ2v) is 7.70. The van der Waals surface area contributed by atoms with Crippen LogP contribution >= 0.6 is 0 Å². The Morgan fingerprint density at radius 1 is 1.04 bits per heavy atom. The minimum Gasteiger partial charge on any atom is -0.351 e. The van der Waals surface area contributed by atoms with E-state index in [-0.39, 0.29) is 11.9 Å². The van der Waals surface area contributed by atoms with Gasteiger partial charge in [-0.3, -0.25) is 9.69 Å². The third-order valence-electron chi connectivity index (χ3n) is 5.49. The fourth-order valence-electron chi connectivity index (χ4n) is 3.61. The van der Waals surface area contributed by atoms with E-state index < -0.39 is 0 Å². The molecule has 0 bridgehead atoms. The van der Waals surface area contributed by atoms with Gasteiger partial charge in [-0.15, -0.1) is 0 Å². The van der Waals surface area contributed by atoms with Gasteiger partial charge in [0.2, 0.25) is 5.91 Å². The molecule has 3 rings (SSSR count). The Labute approximate surface area is 168 Å². The highest BCUT2D eigenvalue weighted by Gasteiger charge is 2.24. The molecule has 0 aromatic heterocycles. The van der Waals surface area contributed by atoms with Crippen molar-refractivity contribution in [1.82, 2.24) is 15.1 Å². The molecule has 1 aliphatic heterocycles. The molecule has 1 unspecified atom stereocenters. The predicted molar refractivity (Wildman–Crippen MR) is 116 cm³/mol. The van der Waals surface area contributed by atoms with Crippen LogP contribution in [0, 0.1) is 6.92 Å². The number of nitrogens with zero attached hydrogens (tertiary/aromatic N) is 2. The zero-order chi connectivity index (χ0) is 19.9. The van der Waals surface area contributed by atoms with Crippen LogP contribution in [0.3, 0.4) is 0 Å². The normalized spacial score (nSPS) is 17.3. The van der Waals surface area contributed by atoms with E-state index in [0.717, 1.165) is 37.3 Å². The molecule has 0 radical (unpaired) electrons. The summed E-state index contributed by atoms with van der Waals surface area (Å²) in [6.07, 6.45) is 1.70. The number of hydrogen-bond acceptors (Lipinski definition) is 3. The van der Waals surface area contributed by atoms with Crippen LogP contribution in [0.15, 0.2) is 60.7 Å². The fourth-order valence-corrected chi connectivity index (χ4v) is 3.61. The SMILES string of the molecule is C/C(=C\C(=O)NCC(c1ccc(C)cc1)N1CCN(C)CC1)c1ccccc1. The van der Waals surface area contributed by atoms with Crippen molar-refractivity contribution in [3.8, 4) is 0 Å². The number of piperazine rings is 1. The standard InChI is InChI=1S/C24H31N3O/c1-19-9-11-22(12-10-19)23(27-15-13-26(3)14-16-27)18-25-24(28)17-20(2)21-7-5-4-6-8-21/h4-12,17,23H,13-16,18H2,1-3H3,(H,25,28)/b20-17+. The number of amides is 1. The van der Waals surface area contributed by atoms with Gasteiger partial charge >= 0.3 is 0 Å². The third-order valence-corrected chi connectivity index (χ3v) is 5.49. The first-order valence-electron chi connectivity index (χ1n) is 10.0. The molecule has 4 nitrogen and oxygen atoms in total. The summed E-state index contributed by atoms with van der Waals surface area (Å²) in [5.41, 5.74) is 4.57. The van der Waals surface area contributed by atoms with Gasteiger partial charge in [0.05, 0.1) is 6.04 Å². The van der Waals surface area contributed by atoms with Gasteiger partial charge < -0.3 is 10.2 Å². The maximum Gasteiger partial charge on any atom is 0.244 e. The topological polar surface area (TPSA) is 35.6 Å². The third kappa shape index (κ3) is 5.54. The van der Waals surface area contributed by atoms with E-state index in [9.17, 15) is 4.79 Å². The quantitative estimate of drug-likeness (QED) is 0.783. The van der Waals surface area contributed by atoms with Gasteiger partial charge in [-0.1, -0.05) is 60.2 Å². The zero-order valence-corrected chi connectivity index (χ0v) is 17.2. The van der Waals surface area contributed by atoms with E-state index in [1.165, 1.54) is 11.1 Å². The van der Waals surface area contributed by atoms with Crippen LogP contribution in [0.1, 0.15) is 29.7 Å². The molecule has 2 aromatic rings. The van der Waals surface area contributed by atoms with Crippen LogP contribution in [0.4, 0.5) is 0 Å². The largest absolute Gasteiger partial charge is 0.351 e. The van der Waals surface area contributed by atoms with Gasteiger partial charge in [0.25, 0.3) is 0 Å².